The molecule has 36 heavy (non-hydrogen) atoms. The van der Waals surface area contributed by atoms with E-state index in [-0.39, 0.29) is 6.42 Å². The number of nitrogens with one attached hydrogen (secondary N) is 4. The molecule has 0 bridgehead atoms. The highest BCUT2D eigenvalue weighted by atomic mass is 16.4. The van der Waals surface area contributed by atoms with Crippen LogP contribution in [0.15, 0.2) is 30.5 Å². The molecule has 0 spiro atoms. The molecule has 3 amide bonds. The van der Waals surface area contributed by atoms with Crippen molar-refractivity contribution in [1.82, 2.24) is 20.9 Å². The van der Waals surface area contributed by atoms with Crippen LogP contribution in [0.5, 0.6) is 0 Å². The number of carbonyl (C=O) groups excluding carboxylic acids is 3. The Bertz CT molecular complexity index is 1080. The fourth-order valence-electron chi connectivity index (χ4n) is 3.71. The van der Waals surface area contributed by atoms with Crippen molar-refractivity contribution in [2.75, 3.05) is 0 Å². The Labute approximate surface area is 208 Å². The van der Waals surface area contributed by atoms with Crippen LogP contribution in [-0.4, -0.2) is 80.4 Å². The number of H-pyrrole nitrogens is 1. The minimum absolute atomic E-state index is 0.178. The molecule has 0 saturated heterocycles. The minimum Gasteiger partial charge on any atom is -0.480 e. The van der Waals surface area contributed by atoms with E-state index in [0.29, 0.717) is 0 Å². The first-order valence-corrected chi connectivity index (χ1v) is 11.6. The number of fused-ring (bicyclic) bond motifs is 1. The van der Waals surface area contributed by atoms with Gasteiger partial charge in [0.15, 0.2) is 6.04 Å². The maximum Gasteiger partial charge on any atom is 0.328 e. The van der Waals surface area contributed by atoms with Crippen molar-refractivity contribution in [3.05, 3.63) is 36.0 Å². The Balaban J connectivity index is 2.09. The molecule has 2 aromatic rings. The van der Waals surface area contributed by atoms with Gasteiger partial charge in [0.25, 0.3) is 0 Å². The van der Waals surface area contributed by atoms with Gasteiger partial charge in [0.05, 0.1) is 18.2 Å². The SMILES string of the molecule is CC(C)C(NC(=O)C(NC(=O)C(N)Cc1c[nH]c2ccccc12)C(C)O)C(=O)NC(C(=O)O)C(C)O. The van der Waals surface area contributed by atoms with Crippen LogP contribution in [0.4, 0.5) is 0 Å². The summed E-state index contributed by atoms with van der Waals surface area (Å²) in [5.41, 5.74) is 7.78. The molecule has 2 rings (SSSR count). The standard InChI is InChI=1S/C24H35N5O7/c1-11(2)18(22(33)29-20(13(4)31)24(35)36)27-23(34)19(12(3)30)28-21(32)16(25)9-14-10-26-17-8-6-5-7-15(14)17/h5-8,10-13,16,18-20,26,30-31H,9,25H2,1-4H3,(H,27,34)(H,28,32)(H,29,33)(H,35,36). The summed E-state index contributed by atoms with van der Waals surface area (Å²) in [5.74, 6) is -4.28. The number of carboxylic acid groups (broad SMARTS) is 1. The maximum atomic E-state index is 12.9. The number of aliphatic carboxylic acids is 1. The quantitative estimate of drug-likeness (QED) is 0.179. The number of carboxylic acids is 1. The average molecular weight is 506 g/mol. The molecule has 9 N–H and O–H groups in total. The maximum absolute atomic E-state index is 12.9. The van der Waals surface area contributed by atoms with Crippen LogP contribution < -0.4 is 21.7 Å². The molecule has 0 fully saturated rings. The number of aromatic amines is 1. The second-order valence-electron chi connectivity index (χ2n) is 9.19. The number of benzene rings is 1. The molecule has 1 aromatic carbocycles. The Hall–Kier alpha value is -3.48. The number of aliphatic hydroxyl groups excluding tert-OH is 2. The summed E-state index contributed by atoms with van der Waals surface area (Å²) in [4.78, 5) is 52.8. The lowest BCUT2D eigenvalue weighted by Gasteiger charge is -2.28. The van der Waals surface area contributed by atoms with Gasteiger partial charge in [-0.05, 0) is 37.8 Å². The van der Waals surface area contributed by atoms with Crippen molar-refractivity contribution in [3.63, 3.8) is 0 Å². The molecular weight excluding hydrogens is 470 g/mol. The van der Waals surface area contributed by atoms with Crippen LogP contribution in [0.1, 0.15) is 33.3 Å². The fourth-order valence-corrected chi connectivity index (χ4v) is 3.71. The van der Waals surface area contributed by atoms with E-state index in [4.69, 9.17) is 5.73 Å². The van der Waals surface area contributed by atoms with Gasteiger partial charge >= 0.3 is 5.97 Å². The van der Waals surface area contributed by atoms with Gasteiger partial charge in [-0.25, -0.2) is 4.79 Å². The van der Waals surface area contributed by atoms with E-state index < -0.39 is 66.0 Å². The highest BCUT2D eigenvalue weighted by Crippen LogP contribution is 2.18. The highest BCUT2D eigenvalue weighted by molar-refractivity contribution is 5.95. The van der Waals surface area contributed by atoms with Crippen LogP contribution in [0.2, 0.25) is 0 Å². The number of aromatic nitrogens is 1. The second kappa shape index (κ2) is 12.5. The van der Waals surface area contributed by atoms with Crippen molar-refractivity contribution >= 4 is 34.6 Å². The Kier molecular flexibility index (Phi) is 9.96. The van der Waals surface area contributed by atoms with Gasteiger partial charge in [0, 0.05) is 17.1 Å². The van der Waals surface area contributed by atoms with Crippen LogP contribution in [0.25, 0.3) is 10.9 Å². The van der Waals surface area contributed by atoms with Crippen LogP contribution in [0.3, 0.4) is 0 Å². The van der Waals surface area contributed by atoms with Crippen LogP contribution in [0, 0.1) is 5.92 Å². The summed E-state index contributed by atoms with van der Waals surface area (Å²) < 4.78 is 0. The predicted octanol–water partition coefficient (Wildman–Crippen LogP) is -1.01. The molecule has 12 nitrogen and oxygen atoms in total. The van der Waals surface area contributed by atoms with E-state index in [9.17, 15) is 34.5 Å². The molecule has 1 heterocycles. The van der Waals surface area contributed by atoms with E-state index in [1.54, 1.807) is 20.0 Å². The van der Waals surface area contributed by atoms with E-state index in [2.05, 4.69) is 20.9 Å². The van der Waals surface area contributed by atoms with E-state index in [1.165, 1.54) is 13.8 Å². The Morgan fingerprint density at radius 1 is 0.861 bits per heavy atom. The van der Waals surface area contributed by atoms with Gasteiger partial charge in [-0.3, -0.25) is 14.4 Å². The van der Waals surface area contributed by atoms with Gasteiger partial charge < -0.3 is 42.0 Å². The number of rotatable bonds is 12. The monoisotopic (exact) mass is 505 g/mol. The molecule has 6 unspecified atom stereocenters. The third-order valence-electron chi connectivity index (χ3n) is 5.81. The zero-order valence-electron chi connectivity index (χ0n) is 20.7. The third kappa shape index (κ3) is 7.26. The summed E-state index contributed by atoms with van der Waals surface area (Å²) >= 11 is 0. The molecule has 12 heteroatoms. The van der Waals surface area contributed by atoms with Crippen molar-refractivity contribution in [3.8, 4) is 0 Å². The van der Waals surface area contributed by atoms with Gasteiger partial charge in [-0.1, -0.05) is 32.0 Å². The second-order valence-corrected chi connectivity index (χ2v) is 9.19. The lowest BCUT2D eigenvalue weighted by atomic mass is 10.0. The van der Waals surface area contributed by atoms with Gasteiger partial charge in [-0.15, -0.1) is 0 Å². The summed E-state index contributed by atoms with van der Waals surface area (Å²) in [6.07, 6.45) is -0.774. The smallest absolute Gasteiger partial charge is 0.328 e. The molecule has 0 aliphatic carbocycles. The number of para-hydroxylation sites is 1. The number of amides is 3. The van der Waals surface area contributed by atoms with Crippen molar-refractivity contribution in [1.29, 1.82) is 0 Å². The predicted molar refractivity (Wildman–Crippen MR) is 132 cm³/mol. The summed E-state index contributed by atoms with van der Waals surface area (Å²) in [6.45, 7) is 5.75. The molecule has 0 aliphatic rings. The number of carbonyl (C=O) groups is 4. The van der Waals surface area contributed by atoms with Gasteiger partial charge in [0.1, 0.15) is 12.1 Å². The number of nitrogens with two attached hydrogens (primary N) is 1. The number of hydrogen-bond donors (Lipinski definition) is 8. The van der Waals surface area contributed by atoms with Crippen LogP contribution in [-0.2, 0) is 25.6 Å². The Morgan fingerprint density at radius 2 is 1.39 bits per heavy atom. The topological polar surface area (TPSA) is 207 Å². The first kappa shape index (κ1) is 28.8. The molecular formula is C24H35N5O7. The molecule has 198 valence electrons. The van der Waals surface area contributed by atoms with Crippen LogP contribution >= 0.6 is 0 Å². The van der Waals surface area contributed by atoms with E-state index in [1.807, 2.05) is 24.3 Å². The first-order chi connectivity index (χ1) is 16.8. The van der Waals surface area contributed by atoms with Gasteiger partial charge in [-0.2, -0.15) is 0 Å². The van der Waals surface area contributed by atoms with Crippen molar-refractivity contribution in [2.45, 2.75) is 70.5 Å². The summed E-state index contributed by atoms with van der Waals surface area (Å²) in [6, 6.07) is 2.29. The molecule has 0 radical (unpaired) electrons. The third-order valence-corrected chi connectivity index (χ3v) is 5.81. The average Bonchev–Trinajstić information content (AvgIpc) is 3.20. The molecule has 6 atom stereocenters. The first-order valence-electron chi connectivity index (χ1n) is 11.6. The van der Waals surface area contributed by atoms with E-state index >= 15 is 0 Å². The normalized spacial score (nSPS) is 16.4. The highest BCUT2D eigenvalue weighted by Gasteiger charge is 2.34. The summed E-state index contributed by atoms with van der Waals surface area (Å²) in [5, 5.41) is 37.0. The molecule has 0 saturated carbocycles. The lowest BCUT2D eigenvalue weighted by Crippen LogP contribution is -2.61. The zero-order valence-corrected chi connectivity index (χ0v) is 20.7. The molecule has 0 aliphatic heterocycles. The lowest BCUT2D eigenvalue weighted by molar-refractivity contribution is -0.145. The van der Waals surface area contributed by atoms with Gasteiger partial charge in [0.2, 0.25) is 17.7 Å². The number of aliphatic hydroxyl groups is 2. The fraction of sp³-hybridized carbons (Fsp3) is 0.500. The summed E-state index contributed by atoms with van der Waals surface area (Å²) in [7, 11) is 0. The molecule has 1 aromatic heterocycles. The number of hydrogen-bond acceptors (Lipinski definition) is 7. The minimum atomic E-state index is -1.58. The van der Waals surface area contributed by atoms with Crippen molar-refractivity contribution < 1.29 is 34.5 Å². The largest absolute Gasteiger partial charge is 0.480 e. The van der Waals surface area contributed by atoms with E-state index in [0.717, 1.165) is 16.5 Å². The Morgan fingerprint density at radius 3 is 1.94 bits per heavy atom. The zero-order chi connectivity index (χ0) is 27.2. The van der Waals surface area contributed by atoms with Crippen molar-refractivity contribution in [2.24, 2.45) is 11.7 Å².